The number of nitrogens with zero attached hydrogens (tertiary/aromatic N) is 2. The topological polar surface area (TPSA) is 80.1 Å². The van der Waals surface area contributed by atoms with Crippen LogP contribution in [0.2, 0.25) is 0 Å². The summed E-state index contributed by atoms with van der Waals surface area (Å²) in [6, 6.07) is 1.45. The minimum Gasteiger partial charge on any atom is -0.472 e. The number of hydrogen-bond donors (Lipinski definition) is 0. The summed E-state index contributed by atoms with van der Waals surface area (Å²) in [4.78, 5) is 38.0. The van der Waals surface area contributed by atoms with E-state index in [4.69, 9.17) is 9.15 Å². The molecule has 106 valence electrons. The number of furan rings is 1. The molecule has 20 heavy (non-hydrogen) atoms. The van der Waals surface area contributed by atoms with E-state index in [0.717, 1.165) is 0 Å². The molecule has 1 aromatic heterocycles. The normalized spacial score (nSPS) is 20.4. The van der Waals surface area contributed by atoms with Crippen LogP contribution in [0.5, 0.6) is 0 Å². The Bertz CT molecular complexity index is 515. The molecule has 3 rings (SSSR count). The fourth-order valence-corrected chi connectivity index (χ4v) is 2.61. The van der Waals surface area contributed by atoms with Crippen LogP contribution in [0.15, 0.2) is 23.0 Å². The summed E-state index contributed by atoms with van der Waals surface area (Å²) in [7, 11) is 0. The van der Waals surface area contributed by atoms with Gasteiger partial charge >= 0.3 is 6.09 Å². The Balaban J connectivity index is 1.61. The lowest BCUT2D eigenvalue weighted by Crippen LogP contribution is -2.48. The van der Waals surface area contributed by atoms with E-state index in [0.29, 0.717) is 31.5 Å². The maximum Gasteiger partial charge on any atom is 0.417 e. The molecule has 7 nitrogen and oxygen atoms in total. The van der Waals surface area contributed by atoms with E-state index in [-0.39, 0.29) is 24.5 Å². The summed E-state index contributed by atoms with van der Waals surface area (Å²) < 4.78 is 9.60. The van der Waals surface area contributed by atoms with Gasteiger partial charge in [0.25, 0.3) is 11.8 Å². The monoisotopic (exact) mass is 278 g/mol. The molecule has 2 saturated heterocycles. The number of hydrogen-bond acceptors (Lipinski definition) is 5. The van der Waals surface area contributed by atoms with Gasteiger partial charge in [0.1, 0.15) is 6.26 Å². The molecule has 7 heteroatoms. The molecule has 0 N–H and O–H groups in total. The van der Waals surface area contributed by atoms with Crippen LogP contribution in [0.25, 0.3) is 0 Å². The largest absolute Gasteiger partial charge is 0.472 e. The van der Waals surface area contributed by atoms with Crippen LogP contribution in [0.3, 0.4) is 0 Å². The van der Waals surface area contributed by atoms with Crippen molar-refractivity contribution in [1.29, 1.82) is 0 Å². The highest BCUT2D eigenvalue weighted by atomic mass is 16.6. The van der Waals surface area contributed by atoms with E-state index in [1.54, 1.807) is 11.0 Å². The van der Waals surface area contributed by atoms with Gasteiger partial charge in [0.05, 0.1) is 11.8 Å². The Kier molecular flexibility index (Phi) is 3.17. The Hall–Kier alpha value is -2.31. The molecule has 2 aliphatic rings. The molecule has 0 saturated carbocycles. The third-order valence-corrected chi connectivity index (χ3v) is 3.67. The zero-order valence-corrected chi connectivity index (χ0v) is 10.8. The van der Waals surface area contributed by atoms with Crippen LogP contribution >= 0.6 is 0 Å². The zero-order chi connectivity index (χ0) is 14.1. The number of likely N-dealkylation sites (tertiary alicyclic amines) is 1. The molecule has 0 radical (unpaired) electrons. The molecule has 2 aliphatic heterocycles. The van der Waals surface area contributed by atoms with Crippen molar-refractivity contribution in [2.75, 3.05) is 19.7 Å². The van der Waals surface area contributed by atoms with Gasteiger partial charge in [-0.05, 0) is 18.9 Å². The van der Waals surface area contributed by atoms with Crippen LogP contribution in [0.1, 0.15) is 23.2 Å². The number of ether oxygens (including phenoxy) is 1. The van der Waals surface area contributed by atoms with E-state index in [1.165, 1.54) is 17.4 Å². The van der Waals surface area contributed by atoms with Gasteiger partial charge in [0, 0.05) is 19.1 Å². The van der Waals surface area contributed by atoms with Gasteiger partial charge in [0.15, 0.2) is 6.61 Å². The Morgan fingerprint density at radius 1 is 1.25 bits per heavy atom. The number of cyclic esters (lactones) is 1. The van der Waals surface area contributed by atoms with Crippen molar-refractivity contribution >= 4 is 17.9 Å². The maximum atomic E-state index is 12.1. The van der Waals surface area contributed by atoms with Crippen LogP contribution in [-0.2, 0) is 9.53 Å². The van der Waals surface area contributed by atoms with Gasteiger partial charge in [0.2, 0.25) is 0 Å². The predicted molar refractivity (Wildman–Crippen MR) is 65.8 cm³/mol. The molecular formula is C13H14N2O5. The number of carbonyl (C=O) groups is 3. The summed E-state index contributed by atoms with van der Waals surface area (Å²) in [5.74, 6) is -0.387. The Morgan fingerprint density at radius 3 is 2.55 bits per heavy atom. The maximum absolute atomic E-state index is 12.1. The van der Waals surface area contributed by atoms with Crippen molar-refractivity contribution in [3.63, 3.8) is 0 Å². The van der Waals surface area contributed by atoms with Crippen molar-refractivity contribution in [3.05, 3.63) is 24.2 Å². The number of amides is 3. The molecule has 2 fully saturated rings. The number of rotatable bonds is 2. The van der Waals surface area contributed by atoms with Crippen molar-refractivity contribution < 1.29 is 23.5 Å². The lowest BCUT2D eigenvalue weighted by Gasteiger charge is -2.34. The summed E-state index contributed by atoms with van der Waals surface area (Å²) in [5, 5.41) is 0. The van der Waals surface area contributed by atoms with Crippen molar-refractivity contribution in [1.82, 2.24) is 9.80 Å². The molecular weight excluding hydrogens is 264 g/mol. The van der Waals surface area contributed by atoms with Crippen LogP contribution in [0, 0.1) is 0 Å². The summed E-state index contributed by atoms with van der Waals surface area (Å²) in [5.41, 5.74) is 0.514. The van der Waals surface area contributed by atoms with E-state index >= 15 is 0 Å². The third-order valence-electron chi connectivity index (χ3n) is 3.67. The molecule has 0 aromatic carbocycles. The second kappa shape index (κ2) is 4.99. The molecule has 1 aromatic rings. The first kappa shape index (κ1) is 12.7. The average Bonchev–Trinajstić information content (AvgIpc) is 3.09. The number of carbonyl (C=O) groups excluding carboxylic acids is 3. The van der Waals surface area contributed by atoms with Gasteiger partial charge in [-0.25, -0.2) is 9.69 Å². The SMILES string of the molecule is O=C(c1ccoc1)N1CCC(N2C(=O)COC2=O)CC1. The van der Waals surface area contributed by atoms with Gasteiger partial charge in [-0.1, -0.05) is 0 Å². The average molecular weight is 278 g/mol. The summed E-state index contributed by atoms with van der Waals surface area (Å²) in [6.07, 6.45) is 3.44. The highest BCUT2D eigenvalue weighted by molar-refractivity contribution is 5.98. The van der Waals surface area contributed by atoms with Crippen LogP contribution in [-0.4, -0.2) is 53.4 Å². The molecule has 0 atom stereocenters. The Morgan fingerprint density at radius 2 is 2.00 bits per heavy atom. The first-order valence-electron chi connectivity index (χ1n) is 6.47. The molecule has 0 bridgehead atoms. The fourth-order valence-electron chi connectivity index (χ4n) is 2.61. The van der Waals surface area contributed by atoms with Crippen molar-refractivity contribution in [2.45, 2.75) is 18.9 Å². The highest BCUT2D eigenvalue weighted by Crippen LogP contribution is 2.21. The molecule has 3 heterocycles. The van der Waals surface area contributed by atoms with E-state index < -0.39 is 6.09 Å². The highest BCUT2D eigenvalue weighted by Gasteiger charge is 2.39. The number of piperidine rings is 1. The first-order chi connectivity index (χ1) is 9.66. The standard InChI is InChI=1S/C13H14N2O5/c16-11-8-20-13(18)15(11)10-1-4-14(5-2-10)12(17)9-3-6-19-7-9/h3,6-7,10H,1-2,4-5,8H2. The van der Waals surface area contributed by atoms with Crippen molar-refractivity contribution in [3.8, 4) is 0 Å². The van der Waals surface area contributed by atoms with E-state index in [2.05, 4.69) is 0 Å². The Labute approximate surface area is 115 Å². The predicted octanol–water partition coefficient (Wildman–Crippen LogP) is 0.863. The quantitative estimate of drug-likeness (QED) is 0.801. The molecule has 0 spiro atoms. The summed E-state index contributed by atoms with van der Waals surface area (Å²) >= 11 is 0. The minimum absolute atomic E-state index is 0.0903. The third kappa shape index (κ3) is 2.15. The van der Waals surface area contributed by atoms with E-state index in [1.807, 2.05) is 0 Å². The second-order valence-corrected chi connectivity index (χ2v) is 4.85. The lowest BCUT2D eigenvalue weighted by molar-refractivity contribution is -0.127. The number of imide groups is 1. The van der Waals surface area contributed by atoms with Gasteiger partial charge in [-0.15, -0.1) is 0 Å². The van der Waals surface area contributed by atoms with E-state index in [9.17, 15) is 14.4 Å². The van der Waals surface area contributed by atoms with Crippen LogP contribution in [0.4, 0.5) is 4.79 Å². The molecule has 3 amide bonds. The lowest BCUT2D eigenvalue weighted by atomic mass is 10.0. The van der Waals surface area contributed by atoms with Crippen molar-refractivity contribution in [2.24, 2.45) is 0 Å². The minimum atomic E-state index is -0.574. The summed E-state index contributed by atoms with van der Waals surface area (Å²) in [6.45, 7) is 0.838. The molecule has 0 unspecified atom stereocenters. The van der Waals surface area contributed by atoms with Crippen LogP contribution < -0.4 is 0 Å². The first-order valence-corrected chi connectivity index (χ1v) is 6.47. The molecule has 0 aliphatic carbocycles. The second-order valence-electron chi connectivity index (χ2n) is 4.85. The zero-order valence-electron chi connectivity index (χ0n) is 10.8. The fraction of sp³-hybridized carbons (Fsp3) is 0.462. The van der Waals surface area contributed by atoms with Gasteiger partial charge in [-0.2, -0.15) is 0 Å². The van der Waals surface area contributed by atoms with Gasteiger partial charge < -0.3 is 14.1 Å². The van der Waals surface area contributed by atoms with Gasteiger partial charge in [-0.3, -0.25) is 9.59 Å². The smallest absolute Gasteiger partial charge is 0.417 e.